The second-order valence-corrected chi connectivity index (χ2v) is 6.95. The first kappa shape index (κ1) is 17.3. The first-order valence-corrected chi connectivity index (χ1v) is 8.80. The van der Waals surface area contributed by atoms with Crippen LogP contribution in [0.1, 0.15) is 21.7 Å². The number of halogens is 1. The number of nitro benzene ring substituents is 1. The van der Waals surface area contributed by atoms with Crippen LogP contribution in [0.4, 0.5) is 10.8 Å². The summed E-state index contributed by atoms with van der Waals surface area (Å²) in [4.78, 5) is 27.2. The minimum Gasteiger partial charge on any atom is -0.444 e. The van der Waals surface area contributed by atoms with Crippen molar-refractivity contribution < 1.29 is 14.1 Å². The third-order valence-electron chi connectivity index (χ3n) is 3.52. The van der Waals surface area contributed by atoms with Gasteiger partial charge in [0.25, 0.3) is 11.6 Å². The number of aryl methyl sites for hydroxylation is 2. The number of aromatic nitrogens is 1. The largest absolute Gasteiger partial charge is 0.444 e. The normalized spacial score (nSPS) is 10.7. The summed E-state index contributed by atoms with van der Waals surface area (Å²) >= 11 is 4.41. The molecule has 9 heteroatoms. The number of carbonyl (C=O) groups excluding carboxylic acids is 1. The first-order chi connectivity index (χ1) is 11.8. The van der Waals surface area contributed by atoms with Gasteiger partial charge >= 0.3 is 0 Å². The van der Waals surface area contributed by atoms with Crippen molar-refractivity contribution in [2.24, 2.45) is 0 Å². The number of hydrogen-bond donors (Lipinski definition) is 1. The van der Waals surface area contributed by atoms with Crippen molar-refractivity contribution >= 4 is 44.0 Å². The molecule has 0 saturated heterocycles. The van der Waals surface area contributed by atoms with E-state index in [1.54, 1.807) is 37.4 Å². The number of furan rings is 1. The molecule has 0 aliphatic rings. The molecule has 0 atom stereocenters. The van der Waals surface area contributed by atoms with Crippen LogP contribution in [0, 0.1) is 24.0 Å². The summed E-state index contributed by atoms with van der Waals surface area (Å²) in [5, 5.41) is 15.9. The van der Waals surface area contributed by atoms with Crippen LogP contribution in [0.5, 0.6) is 0 Å². The highest BCUT2D eigenvalue weighted by Gasteiger charge is 2.18. The van der Waals surface area contributed by atoms with Crippen molar-refractivity contribution in [3.05, 3.63) is 61.3 Å². The first-order valence-electron chi connectivity index (χ1n) is 7.13. The Balaban J connectivity index is 1.83. The lowest BCUT2D eigenvalue weighted by Gasteiger charge is -2.01. The van der Waals surface area contributed by atoms with Crippen molar-refractivity contribution in [3.8, 4) is 11.3 Å². The van der Waals surface area contributed by atoms with Crippen molar-refractivity contribution in [1.29, 1.82) is 0 Å². The number of nitro groups is 1. The van der Waals surface area contributed by atoms with Crippen LogP contribution in [0.25, 0.3) is 11.3 Å². The molecule has 2 heterocycles. The van der Waals surface area contributed by atoms with Crippen LogP contribution in [-0.4, -0.2) is 15.8 Å². The summed E-state index contributed by atoms with van der Waals surface area (Å²) in [5.41, 5.74) is 2.49. The van der Waals surface area contributed by atoms with Gasteiger partial charge in [0.05, 0.1) is 10.6 Å². The molecule has 0 aliphatic carbocycles. The van der Waals surface area contributed by atoms with E-state index in [0.717, 1.165) is 0 Å². The Kier molecular flexibility index (Phi) is 4.69. The van der Waals surface area contributed by atoms with Crippen molar-refractivity contribution in [1.82, 2.24) is 4.98 Å². The molecule has 0 fully saturated rings. The Hall–Kier alpha value is -2.52. The Morgan fingerprint density at radius 1 is 1.32 bits per heavy atom. The van der Waals surface area contributed by atoms with Gasteiger partial charge in [-0.25, -0.2) is 4.98 Å². The molecular formula is C16H12BrN3O4S. The quantitative estimate of drug-likeness (QED) is 0.474. The fourth-order valence-corrected chi connectivity index (χ4v) is 3.47. The topological polar surface area (TPSA) is 98.3 Å². The molecule has 1 aromatic carbocycles. The Morgan fingerprint density at radius 3 is 2.72 bits per heavy atom. The number of benzene rings is 1. The van der Waals surface area contributed by atoms with Crippen LogP contribution in [0.3, 0.4) is 0 Å². The SMILES string of the molecule is Cc1ccc(-c2csc(NC(=O)c3oc(Br)cc3C)n2)cc1[N+](=O)[O-]. The highest BCUT2D eigenvalue weighted by atomic mass is 79.9. The van der Waals surface area contributed by atoms with Crippen LogP contribution in [-0.2, 0) is 0 Å². The second-order valence-electron chi connectivity index (χ2n) is 5.31. The maximum absolute atomic E-state index is 12.2. The molecule has 0 spiro atoms. The van der Waals surface area contributed by atoms with E-state index in [1.807, 2.05) is 0 Å². The van der Waals surface area contributed by atoms with Gasteiger partial charge in [0.1, 0.15) is 0 Å². The van der Waals surface area contributed by atoms with Crippen molar-refractivity contribution in [3.63, 3.8) is 0 Å². The van der Waals surface area contributed by atoms with Gasteiger partial charge in [-0.05, 0) is 35.8 Å². The molecule has 3 rings (SSSR count). The lowest BCUT2D eigenvalue weighted by Crippen LogP contribution is -2.11. The molecular weight excluding hydrogens is 410 g/mol. The molecule has 0 bridgehead atoms. The van der Waals surface area contributed by atoms with Gasteiger partial charge in [-0.3, -0.25) is 20.2 Å². The summed E-state index contributed by atoms with van der Waals surface area (Å²) in [6.45, 7) is 3.44. The number of nitrogens with one attached hydrogen (secondary N) is 1. The molecule has 0 aliphatic heterocycles. The second kappa shape index (κ2) is 6.77. The highest BCUT2D eigenvalue weighted by molar-refractivity contribution is 9.10. The van der Waals surface area contributed by atoms with Crippen LogP contribution in [0.15, 0.2) is 38.7 Å². The van der Waals surface area contributed by atoms with Gasteiger partial charge in [0.2, 0.25) is 0 Å². The third kappa shape index (κ3) is 3.62. The predicted molar refractivity (Wildman–Crippen MR) is 98.0 cm³/mol. The maximum Gasteiger partial charge on any atom is 0.293 e. The number of nitrogens with zero attached hydrogens (tertiary/aromatic N) is 2. The molecule has 3 aromatic rings. The maximum atomic E-state index is 12.2. The molecule has 1 amide bonds. The summed E-state index contributed by atoms with van der Waals surface area (Å²) in [6.07, 6.45) is 0. The number of rotatable bonds is 4. The van der Waals surface area contributed by atoms with Gasteiger partial charge < -0.3 is 4.42 Å². The average molecular weight is 422 g/mol. The number of anilines is 1. The van der Waals surface area contributed by atoms with Crippen LogP contribution < -0.4 is 5.32 Å². The molecule has 1 N–H and O–H groups in total. The molecule has 25 heavy (non-hydrogen) atoms. The van der Waals surface area contributed by atoms with Gasteiger partial charge in [-0.1, -0.05) is 12.1 Å². The zero-order chi connectivity index (χ0) is 18.1. The summed E-state index contributed by atoms with van der Waals surface area (Å²) in [5.74, 6) is -0.200. The standard InChI is InChI=1S/C16H12BrN3O4S/c1-8-3-4-10(6-12(8)20(22)23)11-7-25-16(18-11)19-15(21)14-9(2)5-13(17)24-14/h3-7H,1-2H3,(H,18,19,21). The van der Waals surface area contributed by atoms with Gasteiger partial charge in [-0.15, -0.1) is 11.3 Å². The van der Waals surface area contributed by atoms with E-state index in [9.17, 15) is 14.9 Å². The summed E-state index contributed by atoms with van der Waals surface area (Å²) in [6, 6.07) is 6.61. The summed E-state index contributed by atoms with van der Waals surface area (Å²) < 4.78 is 5.78. The van der Waals surface area contributed by atoms with Gasteiger partial charge in [0, 0.05) is 28.1 Å². The van der Waals surface area contributed by atoms with Crippen LogP contribution in [0.2, 0.25) is 0 Å². The number of thiazole rings is 1. The number of carbonyl (C=O) groups is 1. The Morgan fingerprint density at radius 2 is 2.08 bits per heavy atom. The minimum atomic E-state index is -0.425. The van der Waals surface area contributed by atoms with Gasteiger partial charge in [-0.2, -0.15) is 0 Å². The molecule has 0 unspecified atom stereocenters. The number of hydrogen-bond acceptors (Lipinski definition) is 6. The monoisotopic (exact) mass is 421 g/mol. The fourth-order valence-electron chi connectivity index (χ4n) is 2.25. The van der Waals surface area contributed by atoms with Crippen LogP contribution >= 0.6 is 27.3 Å². The molecule has 0 saturated carbocycles. The minimum absolute atomic E-state index is 0.0344. The van der Waals surface area contributed by atoms with Crippen molar-refractivity contribution in [2.45, 2.75) is 13.8 Å². The Bertz CT molecular complexity index is 980. The molecule has 7 nitrogen and oxygen atoms in total. The lowest BCUT2D eigenvalue weighted by molar-refractivity contribution is -0.385. The van der Waals surface area contributed by atoms with E-state index in [-0.39, 0.29) is 11.4 Å². The summed E-state index contributed by atoms with van der Waals surface area (Å²) in [7, 11) is 0. The lowest BCUT2D eigenvalue weighted by atomic mass is 10.1. The van der Waals surface area contributed by atoms with Gasteiger partial charge in [0.15, 0.2) is 15.6 Å². The third-order valence-corrected chi connectivity index (χ3v) is 4.67. The highest BCUT2D eigenvalue weighted by Crippen LogP contribution is 2.30. The smallest absolute Gasteiger partial charge is 0.293 e. The van der Waals surface area contributed by atoms with Crippen molar-refractivity contribution in [2.75, 3.05) is 5.32 Å². The molecule has 2 aromatic heterocycles. The van der Waals surface area contributed by atoms with E-state index in [2.05, 4.69) is 26.2 Å². The number of amides is 1. The van der Waals surface area contributed by atoms with E-state index in [1.165, 1.54) is 17.4 Å². The zero-order valence-corrected chi connectivity index (χ0v) is 15.6. The van der Waals surface area contributed by atoms with E-state index in [0.29, 0.717) is 32.2 Å². The fraction of sp³-hybridized carbons (Fsp3) is 0.125. The van der Waals surface area contributed by atoms with E-state index >= 15 is 0 Å². The average Bonchev–Trinajstić information content (AvgIpc) is 3.13. The Labute approximate surface area is 155 Å². The van der Waals surface area contributed by atoms with E-state index in [4.69, 9.17) is 4.42 Å². The predicted octanol–water partition coefficient (Wildman–Crippen LogP) is 4.94. The van der Waals surface area contributed by atoms with E-state index < -0.39 is 10.8 Å². The molecule has 128 valence electrons. The molecule has 0 radical (unpaired) electrons. The zero-order valence-electron chi connectivity index (χ0n) is 13.2.